The van der Waals surface area contributed by atoms with E-state index >= 15 is 0 Å². The lowest BCUT2D eigenvalue weighted by atomic mass is 9.98. The van der Waals surface area contributed by atoms with Crippen LogP contribution in [0.15, 0.2) is 6.07 Å². The van der Waals surface area contributed by atoms with Crippen molar-refractivity contribution < 1.29 is 4.79 Å². The predicted octanol–water partition coefficient (Wildman–Crippen LogP) is 2.01. The van der Waals surface area contributed by atoms with Gasteiger partial charge in [-0.2, -0.15) is 10.2 Å². The minimum Gasteiger partial charge on any atom is -0.332 e. The molecule has 158 valence electrons. The summed E-state index contributed by atoms with van der Waals surface area (Å²) in [6.07, 6.45) is 4.45. The normalized spacial score (nSPS) is 19.9. The molecule has 0 bridgehead atoms. The molecule has 0 aromatic carbocycles. The number of piperidine rings is 1. The second-order valence-electron chi connectivity index (χ2n) is 8.20. The minimum atomic E-state index is -0.0301. The molecule has 0 radical (unpaired) electrons. The maximum atomic E-state index is 12.7. The van der Waals surface area contributed by atoms with E-state index in [-0.39, 0.29) is 11.9 Å². The van der Waals surface area contributed by atoms with Crippen LogP contribution in [-0.4, -0.2) is 67.0 Å². The van der Waals surface area contributed by atoms with Crippen molar-refractivity contribution in [3.63, 3.8) is 0 Å². The van der Waals surface area contributed by atoms with Gasteiger partial charge in [0.15, 0.2) is 5.82 Å². The summed E-state index contributed by atoms with van der Waals surface area (Å²) in [6, 6.07) is 2.10. The summed E-state index contributed by atoms with van der Waals surface area (Å²) < 4.78 is 2.09. The number of nitrogens with one attached hydrogen (secondary N) is 2. The highest BCUT2D eigenvalue weighted by atomic mass is 16.2. The fourth-order valence-electron chi connectivity index (χ4n) is 4.23. The summed E-state index contributed by atoms with van der Waals surface area (Å²) in [7, 11) is 0. The lowest BCUT2D eigenvalue weighted by Gasteiger charge is -2.31. The number of amides is 2. The van der Waals surface area contributed by atoms with Crippen LogP contribution >= 0.6 is 0 Å². The molecule has 4 heterocycles. The first-order valence-corrected chi connectivity index (χ1v) is 10.8. The summed E-state index contributed by atoms with van der Waals surface area (Å²) in [5, 5.41) is 14.9. The molecule has 9 heteroatoms. The van der Waals surface area contributed by atoms with Crippen LogP contribution in [0.2, 0.25) is 0 Å². The number of likely N-dealkylation sites (tertiary alicyclic amines) is 1. The number of aromatic amines is 1. The van der Waals surface area contributed by atoms with Gasteiger partial charge >= 0.3 is 6.03 Å². The molecule has 2 amide bonds. The molecule has 4 rings (SSSR count). The van der Waals surface area contributed by atoms with Gasteiger partial charge in [0.2, 0.25) is 0 Å². The zero-order valence-electron chi connectivity index (χ0n) is 17.5. The van der Waals surface area contributed by atoms with E-state index in [4.69, 9.17) is 0 Å². The van der Waals surface area contributed by atoms with Gasteiger partial charge in [-0.15, -0.1) is 0 Å². The van der Waals surface area contributed by atoms with Gasteiger partial charge in [0.1, 0.15) is 5.82 Å². The highest BCUT2D eigenvalue weighted by molar-refractivity contribution is 5.74. The maximum absolute atomic E-state index is 12.7. The number of carbonyl (C=O) groups excluding carboxylic acids is 1. The van der Waals surface area contributed by atoms with Gasteiger partial charge in [-0.05, 0) is 38.8 Å². The topological polar surface area (TPSA) is 95.0 Å². The molecular weight excluding hydrogens is 368 g/mol. The number of carbonyl (C=O) groups is 1. The van der Waals surface area contributed by atoms with Crippen molar-refractivity contribution in [2.75, 3.05) is 26.2 Å². The Balaban J connectivity index is 1.29. The second-order valence-corrected chi connectivity index (χ2v) is 8.20. The lowest BCUT2D eigenvalue weighted by Crippen LogP contribution is -2.44. The van der Waals surface area contributed by atoms with E-state index in [0.29, 0.717) is 13.1 Å². The third-order valence-corrected chi connectivity index (χ3v) is 5.86. The molecule has 2 N–H and O–H groups in total. The number of hydrogen-bond acceptors (Lipinski definition) is 5. The summed E-state index contributed by atoms with van der Waals surface area (Å²) in [6.45, 7) is 10.1. The van der Waals surface area contributed by atoms with Gasteiger partial charge < -0.3 is 10.2 Å². The van der Waals surface area contributed by atoms with Gasteiger partial charge in [-0.3, -0.25) is 14.7 Å². The van der Waals surface area contributed by atoms with Crippen LogP contribution in [-0.2, 0) is 19.6 Å². The van der Waals surface area contributed by atoms with Crippen molar-refractivity contribution in [3.8, 4) is 0 Å². The Hall–Kier alpha value is -2.42. The van der Waals surface area contributed by atoms with Gasteiger partial charge in [0, 0.05) is 32.1 Å². The Morgan fingerprint density at radius 2 is 2.24 bits per heavy atom. The zero-order valence-corrected chi connectivity index (χ0v) is 17.5. The first-order valence-electron chi connectivity index (χ1n) is 10.8. The molecule has 2 aliphatic heterocycles. The van der Waals surface area contributed by atoms with Crippen LogP contribution in [0, 0.1) is 6.92 Å². The van der Waals surface area contributed by atoms with Crippen LogP contribution in [0.25, 0.3) is 0 Å². The smallest absolute Gasteiger partial charge is 0.317 e. The highest BCUT2D eigenvalue weighted by Gasteiger charge is 2.27. The molecule has 1 fully saturated rings. The number of nitrogens with zero attached hydrogens (tertiary/aromatic N) is 6. The number of hydrogen-bond donors (Lipinski definition) is 2. The highest BCUT2D eigenvalue weighted by Crippen LogP contribution is 2.24. The van der Waals surface area contributed by atoms with Crippen molar-refractivity contribution in [3.05, 3.63) is 29.1 Å². The Bertz CT molecular complexity index is 828. The van der Waals surface area contributed by atoms with E-state index in [1.165, 1.54) is 18.5 Å². The lowest BCUT2D eigenvalue weighted by molar-refractivity contribution is 0.178. The number of aromatic nitrogens is 5. The summed E-state index contributed by atoms with van der Waals surface area (Å²) >= 11 is 0. The molecule has 0 saturated carbocycles. The third-order valence-electron chi connectivity index (χ3n) is 5.86. The van der Waals surface area contributed by atoms with Crippen molar-refractivity contribution in [1.29, 1.82) is 0 Å². The van der Waals surface area contributed by atoms with E-state index in [1.54, 1.807) is 0 Å². The fraction of sp³-hybridized carbons (Fsp3) is 0.700. The Labute approximate surface area is 171 Å². The summed E-state index contributed by atoms with van der Waals surface area (Å²) in [4.78, 5) is 21.5. The summed E-state index contributed by atoms with van der Waals surface area (Å²) in [5.41, 5.74) is 2.18. The standard InChI is InChI=1S/C20H32N8O/c1-3-4-7-26-9-10-28-18(14-26)11-17(25-28)12-21-20(29)27-8-5-6-16(13-27)19-22-15(2)23-24-19/h11,16H,3-10,12-14H2,1-2H3,(H,21,29)(H,22,23,24)/t16-/m1/s1. The Morgan fingerprint density at radius 1 is 1.34 bits per heavy atom. The molecule has 29 heavy (non-hydrogen) atoms. The number of urea groups is 1. The quantitative estimate of drug-likeness (QED) is 0.773. The number of fused-ring (bicyclic) bond motifs is 1. The number of rotatable bonds is 6. The zero-order chi connectivity index (χ0) is 20.2. The number of unbranched alkanes of at least 4 members (excludes halogenated alkanes) is 1. The molecule has 0 spiro atoms. The largest absolute Gasteiger partial charge is 0.332 e. The van der Waals surface area contributed by atoms with Crippen LogP contribution in [0.5, 0.6) is 0 Å². The molecular formula is C20H32N8O. The molecule has 2 aromatic heterocycles. The van der Waals surface area contributed by atoms with E-state index in [9.17, 15) is 4.79 Å². The van der Waals surface area contributed by atoms with E-state index in [1.807, 2.05) is 11.8 Å². The maximum Gasteiger partial charge on any atom is 0.317 e. The molecule has 1 saturated heterocycles. The Morgan fingerprint density at radius 3 is 3.03 bits per heavy atom. The third kappa shape index (κ3) is 4.77. The fourth-order valence-corrected chi connectivity index (χ4v) is 4.23. The van der Waals surface area contributed by atoms with Gasteiger partial charge in [0.25, 0.3) is 0 Å². The van der Waals surface area contributed by atoms with E-state index in [0.717, 1.165) is 62.9 Å². The predicted molar refractivity (Wildman–Crippen MR) is 109 cm³/mol. The summed E-state index contributed by atoms with van der Waals surface area (Å²) in [5.74, 6) is 1.83. The van der Waals surface area contributed by atoms with Crippen molar-refractivity contribution in [2.24, 2.45) is 0 Å². The number of H-pyrrole nitrogens is 1. The first kappa shape index (κ1) is 19.9. The molecule has 0 aliphatic carbocycles. The molecule has 2 aliphatic rings. The van der Waals surface area contributed by atoms with Crippen LogP contribution in [0.1, 0.15) is 61.6 Å². The van der Waals surface area contributed by atoms with Crippen LogP contribution in [0.4, 0.5) is 4.79 Å². The van der Waals surface area contributed by atoms with Crippen LogP contribution < -0.4 is 5.32 Å². The average Bonchev–Trinajstić information content (AvgIpc) is 3.36. The van der Waals surface area contributed by atoms with Gasteiger partial charge in [-0.1, -0.05) is 13.3 Å². The number of aryl methyl sites for hydroxylation is 1. The molecule has 1 atom stereocenters. The molecule has 2 aromatic rings. The molecule has 0 unspecified atom stereocenters. The van der Waals surface area contributed by atoms with Gasteiger partial charge in [-0.25, -0.2) is 9.78 Å². The second kappa shape index (κ2) is 8.94. The monoisotopic (exact) mass is 400 g/mol. The first-order chi connectivity index (χ1) is 14.1. The molecule has 9 nitrogen and oxygen atoms in total. The van der Waals surface area contributed by atoms with Crippen molar-refractivity contribution in [1.82, 2.24) is 40.1 Å². The Kier molecular flexibility index (Phi) is 6.13. The van der Waals surface area contributed by atoms with E-state index in [2.05, 4.69) is 48.2 Å². The minimum absolute atomic E-state index is 0.0301. The van der Waals surface area contributed by atoms with Crippen molar-refractivity contribution in [2.45, 2.75) is 65.1 Å². The average molecular weight is 401 g/mol. The van der Waals surface area contributed by atoms with Crippen molar-refractivity contribution >= 4 is 6.03 Å². The SMILES string of the molecule is CCCCN1CCn2nc(CNC(=O)N3CCC[C@@H](c4n[nH]c(C)n4)C3)cc2C1. The van der Waals surface area contributed by atoms with E-state index < -0.39 is 0 Å². The van der Waals surface area contributed by atoms with Gasteiger partial charge in [0.05, 0.1) is 24.5 Å². The van der Waals surface area contributed by atoms with Crippen LogP contribution in [0.3, 0.4) is 0 Å².